The molecular formula is C16H16N2O. The molecule has 0 fully saturated rings. The number of pyridine rings is 1. The number of hydrogen-bond donors (Lipinski definition) is 0. The Balaban J connectivity index is 2.71. The summed E-state index contributed by atoms with van der Waals surface area (Å²) in [5.74, 6) is 0. The fourth-order valence-electron chi connectivity index (χ4n) is 2.28. The molecule has 1 aromatic heterocycles. The van der Waals surface area contributed by atoms with Gasteiger partial charge in [0.05, 0.1) is 0 Å². The first-order chi connectivity index (χ1) is 9.08. The predicted molar refractivity (Wildman–Crippen MR) is 75.9 cm³/mol. The Hall–Kier alpha value is -2.34. The summed E-state index contributed by atoms with van der Waals surface area (Å²) in [6.45, 7) is 4.02. The maximum Gasteiger partial charge on any atom is 0.268 e. The van der Waals surface area contributed by atoms with E-state index in [2.05, 4.69) is 6.92 Å². The summed E-state index contributed by atoms with van der Waals surface area (Å²) in [5, 5.41) is 9.25. The third-order valence-electron chi connectivity index (χ3n) is 3.33. The molecule has 0 spiro atoms. The number of nitriles is 1. The van der Waals surface area contributed by atoms with Gasteiger partial charge in [-0.15, -0.1) is 0 Å². The van der Waals surface area contributed by atoms with Crippen molar-refractivity contribution < 1.29 is 0 Å². The van der Waals surface area contributed by atoms with E-state index in [1.807, 2.05) is 37.3 Å². The van der Waals surface area contributed by atoms with E-state index in [1.165, 1.54) is 10.1 Å². The van der Waals surface area contributed by atoms with E-state index in [0.717, 1.165) is 23.1 Å². The Bertz CT molecular complexity index is 703. The molecule has 0 radical (unpaired) electrons. The van der Waals surface area contributed by atoms with Crippen molar-refractivity contribution in [2.75, 3.05) is 0 Å². The van der Waals surface area contributed by atoms with E-state index in [9.17, 15) is 10.1 Å². The van der Waals surface area contributed by atoms with Crippen LogP contribution in [0.5, 0.6) is 0 Å². The molecule has 0 amide bonds. The van der Waals surface area contributed by atoms with Gasteiger partial charge in [-0.05, 0) is 30.0 Å². The molecule has 3 nitrogen and oxygen atoms in total. The van der Waals surface area contributed by atoms with E-state index in [4.69, 9.17) is 0 Å². The van der Waals surface area contributed by atoms with Crippen LogP contribution in [0, 0.1) is 18.3 Å². The summed E-state index contributed by atoms with van der Waals surface area (Å²) < 4.78 is 1.46. The van der Waals surface area contributed by atoms with E-state index >= 15 is 0 Å². The third-order valence-corrected chi connectivity index (χ3v) is 3.33. The zero-order valence-electron chi connectivity index (χ0n) is 11.4. The molecule has 0 saturated carbocycles. The second kappa shape index (κ2) is 5.11. The molecule has 96 valence electrons. The number of hydrogen-bond acceptors (Lipinski definition) is 2. The highest BCUT2D eigenvalue weighted by Gasteiger charge is 2.13. The zero-order chi connectivity index (χ0) is 14.0. The second-order valence-corrected chi connectivity index (χ2v) is 4.64. The number of nitrogens with zero attached hydrogens (tertiary/aromatic N) is 2. The maximum absolute atomic E-state index is 12.0. The fraction of sp³-hybridized carbons (Fsp3) is 0.250. The van der Waals surface area contributed by atoms with Crippen LogP contribution in [-0.4, -0.2) is 4.57 Å². The summed E-state index contributed by atoms with van der Waals surface area (Å²) in [6.07, 6.45) is 2.74. The molecule has 0 atom stereocenters. The molecule has 1 heterocycles. The minimum atomic E-state index is -0.248. The van der Waals surface area contributed by atoms with Gasteiger partial charge in [-0.2, -0.15) is 5.26 Å². The molecule has 0 aliphatic heterocycles. The lowest BCUT2D eigenvalue weighted by molar-refractivity contribution is 0.848. The summed E-state index contributed by atoms with van der Waals surface area (Å²) in [7, 11) is 1.67. The highest BCUT2D eigenvalue weighted by molar-refractivity contribution is 5.73. The largest absolute Gasteiger partial charge is 0.317 e. The van der Waals surface area contributed by atoms with Crippen LogP contribution in [-0.2, 0) is 13.5 Å². The summed E-state index contributed by atoms with van der Waals surface area (Å²) in [4.78, 5) is 12.0. The molecule has 0 saturated heterocycles. The quantitative estimate of drug-likeness (QED) is 0.825. The van der Waals surface area contributed by atoms with Gasteiger partial charge in [0.2, 0.25) is 0 Å². The fourth-order valence-corrected chi connectivity index (χ4v) is 2.28. The van der Waals surface area contributed by atoms with Gasteiger partial charge < -0.3 is 4.57 Å². The molecule has 2 rings (SSSR count). The van der Waals surface area contributed by atoms with Crippen molar-refractivity contribution in [3.63, 3.8) is 0 Å². The number of aryl methyl sites for hydroxylation is 3. The second-order valence-electron chi connectivity index (χ2n) is 4.64. The van der Waals surface area contributed by atoms with Gasteiger partial charge in [0.25, 0.3) is 5.56 Å². The molecule has 19 heavy (non-hydrogen) atoms. The summed E-state index contributed by atoms with van der Waals surface area (Å²) in [6, 6.07) is 10.1. The van der Waals surface area contributed by atoms with Crippen molar-refractivity contribution in [1.29, 1.82) is 5.26 Å². The molecule has 0 aliphatic rings. The van der Waals surface area contributed by atoms with Crippen molar-refractivity contribution in [1.82, 2.24) is 4.57 Å². The van der Waals surface area contributed by atoms with Gasteiger partial charge in [0.1, 0.15) is 11.6 Å². The lowest BCUT2D eigenvalue weighted by Gasteiger charge is -2.10. The smallest absolute Gasteiger partial charge is 0.268 e. The first kappa shape index (κ1) is 13.1. The average molecular weight is 252 g/mol. The van der Waals surface area contributed by atoms with Crippen molar-refractivity contribution >= 4 is 0 Å². The summed E-state index contributed by atoms with van der Waals surface area (Å²) >= 11 is 0. The molecule has 3 heteroatoms. The number of aromatic nitrogens is 1. The number of rotatable bonds is 2. The normalized spacial score (nSPS) is 10.2. The lowest BCUT2D eigenvalue weighted by atomic mass is 9.96. The first-order valence-electron chi connectivity index (χ1n) is 6.28. The van der Waals surface area contributed by atoms with Crippen LogP contribution in [0.25, 0.3) is 11.1 Å². The van der Waals surface area contributed by atoms with Crippen molar-refractivity contribution in [2.45, 2.75) is 20.3 Å². The van der Waals surface area contributed by atoms with Crippen molar-refractivity contribution in [3.8, 4) is 17.2 Å². The molecule has 2 aromatic rings. The SMILES string of the molecule is CCc1ccc(-c2c(C)cn(C)c(=O)c2C#N)cc1. The minimum Gasteiger partial charge on any atom is -0.317 e. The lowest BCUT2D eigenvalue weighted by Crippen LogP contribution is -2.20. The van der Waals surface area contributed by atoms with Crippen LogP contribution in [0.3, 0.4) is 0 Å². The molecular weight excluding hydrogens is 236 g/mol. The van der Waals surface area contributed by atoms with Crippen LogP contribution in [0.1, 0.15) is 23.6 Å². The highest BCUT2D eigenvalue weighted by atomic mass is 16.1. The Morgan fingerprint density at radius 1 is 1.26 bits per heavy atom. The van der Waals surface area contributed by atoms with Crippen LogP contribution in [0.15, 0.2) is 35.3 Å². The topological polar surface area (TPSA) is 45.8 Å². The molecule has 0 aliphatic carbocycles. The Morgan fingerprint density at radius 2 is 1.89 bits per heavy atom. The van der Waals surface area contributed by atoms with E-state index in [0.29, 0.717) is 0 Å². The third kappa shape index (κ3) is 2.30. The Labute approximate surface area is 112 Å². The van der Waals surface area contributed by atoms with Gasteiger partial charge in [0, 0.05) is 18.8 Å². The van der Waals surface area contributed by atoms with Crippen LogP contribution in [0.2, 0.25) is 0 Å². The highest BCUT2D eigenvalue weighted by Crippen LogP contribution is 2.25. The van der Waals surface area contributed by atoms with Gasteiger partial charge in [0.15, 0.2) is 0 Å². The Kier molecular flexibility index (Phi) is 3.52. The van der Waals surface area contributed by atoms with Gasteiger partial charge in [-0.1, -0.05) is 31.2 Å². The van der Waals surface area contributed by atoms with Crippen LogP contribution >= 0.6 is 0 Å². The van der Waals surface area contributed by atoms with E-state index < -0.39 is 0 Å². The molecule has 0 bridgehead atoms. The van der Waals surface area contributed by atoms with Crippen molar-refractivity contribution in [3.05, 3.63) is 57.5 Å². The maximum atomic E-state index is 12.0. The van der Waals surface area contributed by atoms with Crippen LogP contribution < -0.4 is 5.56 Å². The first-order valence-corrected chi connectivity index (χ1v) is 6.28. The molecule has 0 N–H and O–H groups in total. The Morgan fingerprint density at radius 3 is 2.42 bits per heavy atom. The summed E-state index contributed by atoms with van der Waals surface area (Å²) in [5.41, 5.74) is 3.80. The minimum absolute atomic E-state index is 0.215. The average Bonchev–Trinajstić information content (AvgIpc) is 2.42. The van der Waals surface area contributed by atoms with Crippen LogP contribution in [0.4, 0.5) is 0 Å². The standard InChI is InChI=1S/C16H16N2O/c1-4-12-5-7-13(8-6-12)15-11(2)10-18(3)16(19)14(15)9-17/h5-8,10H,4H2,1-3H3. The van der Waals surface area contributed by atoms with Crippen molar-refractivity contribution in [2.24, 2.45) is 7.05 Å². The van der Waals surface area contributed by atoms with E-state index in [-0.39, 0.29) is 11.1 Å². The van der Waals surface area contributed by atoms with Gasteiger partial charge in [-0.25, -0.2) is 0 Å². The van der Waals surface area contributed by atoms with Gasteiger partial charge in [-0.3, -0.25) is 4.79 Å². The van der Waals surface area contributed by atoms with E-state index in [1.54, 1.807) is 13.2 Å². The van der Waals surface area contributed by atoms with Gasteiger partial charge >= 0.3 is 0 Å². The molecule has 1 aromatic carbocycles. The zero-order valence-corrected chi connectivity index (χ0v) is 11.4. The monoisotopic (exact) mass is 252 g/mol. The number of benzene rings is 1. The molecule has 0 unspecified atom stereocenters. The predicted octanol–water partition coefficient (Wildman–Crippen LogP) is 2.79.